The summed E-state index contributed by atoms with van der Waals surface area (Å²) < 4.78 is 32.7. The molecular weight excluding hydrogens is 388 g/mol. The van der Waals surface area contributed by atoms with Gasteiger partial charge in [-0.25, -0.2) is 8.42 Å². The van der Waals surface area contributed by atoms with Crippen molar-refractivity contribution in [2.24, 2.45) is 0 Å². The first-order chi connectivity index (χ1) is 13.8. The molecule has 3 aromatic carbocycles. The Kier molecular flexibility index (Phi) is 5.89. The molecule has 0 radical (unpaired) electrons. The molecule has 0 aliphatic heterocycles. The molecule has 0 unspecified atom stereocenters. The number of amides is 1. The van der Waals surface area contributed by atoms with Crippen molar-refractivity contribution >= 4 is 27.3 Å². The van der Waals surface area contributed by atoms with Crippen molar-refractivity contribution in [3.63, 3.8) is 0 Å². The van der Waals surface area contributed by atoms with Crippen LogP contribution in [0.15, 0.2) is 71.6 Å². The van der Waals surface area contributed by atoms with Gasteiger partial charge in [0.05, 0.1) is 12.0 Å². The van der Waals surface area contributed by atoms with Gasteiger partial charge < -0.3 is 10.1 Å². The number of anilines is 2. The number of rotatable bonds is 6. The Labute approximate surface area is 170 Å². The van der Waals surface area contributed by atoms with E-state index in [4.69, 9.17) is 4.74 Å². The summed E-state index contributed by atoms with van der Waals surface area (Å²) in [6, 6.07) is 18.1. The number of carbonyl (C=O) groups is 1. The lowest BCUT2D eigenvalue weighted by Crippen LogP contribution is -2.15. The quantitative estimate of drug-likeness (QED) is 0.632. The van der Waals surface area contributed by atoms with Gasteiger partial charge in [0.2, 0.25) is 0 Å². The van der Waals surface area contributed by atoms with Crippen LogP contribution < -0.4 is 14.8 Å². The number of hydrogen-bond acceptors (Lipinski definition) is 4. The van der Waals surface area contributed by atoms with E-state index in [2.05, 4.69) is 10.0 Å². The number of carbonyl (C=O) groups excluding carboxylic acids is 1. The number of nitrogens with one attached hydrogen (secondary N) is 2. The fourth-order valence-corrected chi connectivity index (χ4v) is 3.97. The first-order valence-electron chi connectivity index (χ1n) is 8.93. The van der Waals surface area contributed by atoms with Crippen LogP contribution in [0.25, 0.3) is 0 Å². The molecule has 0 aromatic heterocycles. The predicted octanol–water partition coefficient (Wildman–Crippen LogP) is 4.37. The molecule has 2 N–H and O–H groups in total. The maximum Gasteiger partial charge on any atom is 0.261 e. The first kappa shape index (κ1) is 20.4. The van der Waals surface area contributed by atoms with Gasteiger partial charge in [-0.2, -0.15) is 0 Å². The summed E-state index contributed by atoms with van der Waals surface area (Å²) in [6.45, 7) is 3.91. The Morgan fingerprint density at radius 3 is 1.97 bits per heavy atom. The largest absolute Gasteiger partial charge is 0.497 e. The number of benzene rings is 3. The lowest BCUT2D eigenvalue weighted by Gasteiger charge is -2.10. The second-order valence-electron chi connectivity index (χ2n) is 6.69. The molecule has 0 bridgehead atoms. The van der Waals surface area contributed by atoms with Crippen LogP contribution >= 0.6 is 0 Å². The molecule has 3 rings (SSSR count). The minimum atomic E-state index is -3.77. The van der Waals surface area contributed by atoms with Gasteiger partial charge >= 0.3 is 0 Å². The van der Waals surface area contributed by atoms with Gasteiger partial charge in [0.1, 0.15) is 5.75 Å². The minimum absolute atomic E-state index is 0.0660. The summed E-state index contributed by atoms with van der Waals surface area (Å²) in [5.41, 5.74) is 3.58. The van der Waals surface area contributed by atoms with E-state index in [0.717, 1.165) is 11.1 Å². The van der Waals surface area contributed by atoms with E-state index in [1.165, 1.54) is 31.4 Å². The smallest absolute Gasteiger partial charge is 0.261 e. The molecule has 3 aromatic rings. The van der Waals surface area contributed by atoms with Crippen LogP contribution in [0.5, 0.6) is 5.75 Å². The summed E-state index contributed by atoms with van der Waals surface area (Å²) in [5, 5.41) is 2.83. The van der Waals surface area contributed by atoms with Crippen LogP contribution in [0.1, 0.15) is 21.5 Å². The van der Waals surface area contributed by atoms with Crippen molar-refractivity contribution in [1.82, 2.24) is 0 Å². The molecule has 0 fully saturated rings. The number of hydrogen-bond donors (Lipinski definition) is 2. The highest BCUT2D eigenvalue weighted by atomic mass is 32.2. The van der Waals surface area contributed by atoms with Gasteiger partial charge in [-0.1, -0.05) is 6.07 Å². The molecule has 1 amide bonds. The lowest BCUT2D eigenvalue weighted by atomic mass is 10.1. The molecular formula is C22H22N2O4S. The van der Waals surface area contributed by atoms with Crippen LogP contribution in [-0.2, 0) is 10.0 Å². The number of sulfonamides is 1. The fourth-order valence-electron chi connectivity index (χ4n) is 2.91. The molecule has 150 valence electrons. The van der Waals surface area contributed by atoms with Gasteiger partial charge in [-0.3, -0.25) is 9.52 Å². The third-order valence-electron chi connectivity index (χ3n) is 4.25. The van der Waals surface area contributed by atoms with E-state index in [-0.39, 0.29) is 10.8 Å². The topological polar surface area (TPSA) is 84.5 Å². The summed E-state index contributed by atoms with van der Waals surface area (Å²) in [5.74, 6) is 0.328. The van der Waals surface area contributed by atoms with E-state index in [1.807, 2.05) is 32.0 Å². The van der Waals surface area contributed by atoms with Gasteiger partial charge in [-0.15, -0.1) is 0 Å². The van der Waals surface area contributed by atoms with Crippen LogP contribution in [0.3, 0.4) is 0 Å². The first-order valence-corrected chi connectivity index (χ1v) is 10.4. The van der Waals surface area contributed by atoms with Crippen LogP contribution in [0.2, 0.25) is 0 Å². The second kappa shape index (κ2) is 8.36. The molecule has 0 atom stereocenters. The van der Waals surface area contributed by atoms with E-state index in [1.54, 1.807) is 24.3 Å². The second-order valence-corrected chi connectivity index (χ2v) is 8.37. The Hall–Kier alpha value is -3.32. The highest BCUT2D eigenvalue weighted by Gasteiger charge is 2.15. The van der Waals surface area contributed by atoms with E-state index < -0.39 is 10.0 Å². The lowest BCUT2D eigenvalue weighted by molar-refractivity contribution is 0.102. The highest BCUT2D eigenvalue weighted by molar-refractivity contribution is 7.92. The van der Waals surface area contributed by atoms with Gasteiger partial charge in [-0.05, 0) is 85.6 Å². The number of methoxy groups -OCH3 is 1. The number of ether oxygens (including phenoxy) is 1. The molecule has 0 aliphatic rings. The Morgan fingerprint density at radius 1 is 0.828 bits per heavy atom. The minimum Gasteiger partial charge on any atom is -0.497 e. The maximum atomic E-state index is 12.6. The average Bonchev–Trinajstić information content (AvgIpc) is 2.67. The number of aryl methyl sites for hydroxylation is 2. The zero-order valence-electron chi connectivity index (χ0n) is 16.4. The predicted molar refractivity (Wildman–Crippen MR) is 114 cm³/mol. The molecule has 0 spiro atoms. The van der Waals surface area contributed by atoms with Crippen molar-refractivity contribution in [1.29, 1.82) is 0 Å². The third kappa shape index (κ3) is 5.14. The molecule has 7 heteroatoms. The van der Waals surface area contributed by atoms with E-state index >= 15 is 0 Å². The van der Waals surface area contributed by atoms with Crippen molar-refractivity contribution in [2.75, 3.05) is 17.1 Å². The average molecular weight is 410 g/mol. The van der Waals surface area contributed by atoms with Gasteiger partial charge in [0, 0.05) is 16.9 Å². The fraction of sp³-hybridized carbons (Fsp3) is 0.136. The third-order valence-corrected chi connectivity index (χ3v) is 5.65. The van der Waals surface area contributed by atoms with Crippen molar-refractivity contribution in [3.8, 4) is 5.75 Å². The summed E-state index contributed by atoms with van der Waals surface area (Å²) in [6.07, 6.45) is 0. The van der Waals surface area contributed by atoms with E-state index in [9.17, 15) is 13.2 Å². The summed E-state index contributed by atoms with van der Waals surface area (Å²) >= 11 is 0. The van der Waals surface area contributed by atoms with E-state index in [0.29, 0.717) is 22.7 Å². The highest BCUT2D eigenvalue weighted by Crippen LogP contribution is 2.20. The summed E-state index contributed by atoms with van der Waals surface area (Å²) in [7, 11) is -2.23. The van der Waals surface area contributed by atoms with Crippen LogP contribution in [0.4, 0.5) is 11.4 Å². The normalized spacial score (nSPS) is 11.0. The molecule has 0 saturated heterocycles. The van der Waals surface area contributed by atoms with Crippen molar-refractivity contribution in [2.45, 2.75) is 18.7 Å². The Morgan fingerprint density at radius 2 is 1.41 bits per heavy atom. The standard InChI is InChI=1S/C22H22N2O4S/c1-15-12-16(2)14-19(13-15)23-22(25)17-4-10-21(11-5-17)29(26,27)24-18-6-8-20(28-3)9-7-18/h4-14,24H,1-3H3,(H,23,25). The SMILES string of the molecule is COc1ccc(NS(=O)(=O)c2ccc(C(=O)Nc3cc(C)cc(C)c3)cc2)cc1. The monoisotopic (exact) mass is 410 g/mol. The molecule has 29 heavy (non-hydrogen) atoms. The zero-order valence-corrected chi connectivity index (χ0v) is 17.2. The van der Waals surface area contributed by atoms with Crippen molar-refractivity contribution in [3.05, 3.63) is 83.4 Å². The van der Waals surface area contributed by atoms with Gasteiger partial charge in [0.25, 0.3) is 15.9 Å². The summed E-state index contributed by atoms with van der Waals surface area (Å²) in [4.78, 5) is 12.5. The Balaban J connectivity index is 1.73. The molecule has 6 nitrogen and oxygen atoms in total. The molecule has 0 saturated carbocycles. The van der Waals surface area contributed by atoms with Crippen LogP contribution in [-0.4, -0.2) is 21.4 Å². The zero-order chi connectivity index (χ0) is 21.0. The molecule has 0 heterocycles. The molecule has 0 aliphatic carbocycles. The van der Waals surface area contributed by atoms with Crippen molar-refractivity contribution < 1.29 is 17.9 Å². The Bertz CT molecular complexity index is 1100. The van der Waals surface area contributed by atoms with Gasteiger partial charge in [0.15, 0.2) is 0 Å². The maximum absolute atomic E-state index is 12.6. The van der Waals surface area contributed by atoms with Crippen LogP contribution in [0, 0.1) is 13.8 Å².